The minimum Gasteiger partial charge on any atom is -0.352 e. The molecule has 7 heteroatoms. The van der Waals surface area contributed by atoms with Gasteiger partial charge in [0, 0.05) is 12.2 Å². The van der Waals surface area contributed by atoms with Gasteiger partial charge in [-0.05, 0) is 19.8 Å². The molecule has 1 atom stereocenters. The quantitative estimate of drug-likeness (QED) is 0.653. The molecular weight excluding hydrogens is 234 g/mol. The lowest BCUT2D eigenvalue weighted by Gasteiger charge is -2.04. The van der Waals surface area contributed by atoms with Crippen molar-refractivity contribution in [2.45, 2.75) is 38.4 Å². The molecule has 1 fully saturated rings. The topological polar surface area (TPSA) is 102 Å². The van der Waals surface area contributed by atoms with Crippen LogP contribution in [0.25, 0.3) is 0 Å². The standard InChI is InChI=1S/C11H17N5O2/c1-7(12)11(18)15-9-4-13-16(5-9)6-10(17)14-8-2-3-8/h4-5,7-8H,2-3,6,12H2,1H3,(H,14,17)(H,15,18). The zero-order chi connectivity index (χ0) is 13.1. The lowest BCUT2D eigenvalue weighted by Crippen LogP contribution is -2.32. The summed E-state index contributed by atoms with van der Waals surface area (Å²) in [6, 6.07) is -0.239. The largest absolute Gasteiger partial charge is 0.352 e. The fourth-order valence-corrected chi connectivity index (χ4v) is 1.42. The highest BCUT2D eigenvalue weighted by molar-refractivity contribution is 5.94. The van der Waals surface area contributed by atoms with E-state index in [0.717, 1.165) is 12.8 Å². The predicted molar refractivity (Wildman–Crippen MR) is 65.7 cm³/mol. The summed E-state index contributed by atoms with van der Waals surface area (Å²) in [5.41, 5.74) is 5.97. The second-order valence-corrected chi connectivity index (χ2v) is 4.55. The molecule has 0 aliphatic heterocycles. The van der Waals surface area contributed by atoms with Crippen molar-refractivity contribution >= 4 is 17.5 Å². The van der Waals surface area contributed by atoms with Gasteiger partial charge in [0.05, 0.1) is 17.9 Å². The SMILES string of the molecule is CC(N)C(=O)Nc1cnn(CC(=O)NC2CC2)c1. The highest BCUT2D eigenvalue weighted by Crippen LogP contribution is 2.18. The average molecular weight is 251 g/mol. The highest BCUT2D eigenvalue weighted by atomic mass is 16.2. The Hall–Kier alpha value is -1.89. The molecule has 0 spiro atoms. The molecule has 1 heterocycles. The first kappa shape index (κ1) is 12.6. The molecule has 2 amide bonds. The normalized spacial score (nSPS) is 16.1. The first-order valence-electron chi connectivity index (χ1n) is 5.93. The predicted octanol–water partition coefficient (Wildman–Crippen LogP) is -0.553. The number of hydrogen-bond acceptors (Lipinski definition) is 4. The number of carbonyl (C=O) groups is 2. The zero-order valence-electron chi connectivity index (χ0n) is 10.2. The number of rotatable bonds is 5. The Morgan fingerprint density at radius 2 is 2.33 bits per heavy atom. The molecule has 18 heavy (non-hydrogen) atoms. The number of nitrogens with zero attached hydrogens (tertiary/aromatic N) is 2. The molecule has 0 saturated heterocycles. The van der Waals surface area contributed by atoms with Crippen LogP contribution in [0.1, 0.15) is 19.8 Å². The summed E-state index contributed by atoms with van der Waals surface area (Å²) < 4.78 is 1.48. The number of nitrogens with one attached hydrogen (secondary N) is 2. The second kappa shape index (κ2) is 5.18. The first-order chi connectivity index (χ1) is 8.54. The van der Waals surface area contributed by atoms with Gasteiger partial charge in [0.15, 0.2) is 0 Å². The van der Waals surface area contributed by atoms with Crippen LogP contribution in [-0.2, 0) is 16.1 Å². The van der Waals surface area contributed by atoms with Crippen LogP contribution in [0.5, 0.6) is 0 Å². The van der Waals surface area contributed by atoms with E-state index < -0.39 is 6.04 Å². The van der Waals surface area contributed by atoms with E-state index in [9.17, 15) is 9.59 Å². The van der Waals surface area contributed by atoms with E-state index >= 15 is 0 Å². The summed E-state index contributed by atoms with van der Waals surface area (Å²) in [4.78, 5) is 22.9. The van der Waals surface area contributed by atoms with Crippen LogP contribution in [0.3, 0.4) is 0 Å². The van der Waals surface area contributed by atoms with E-state index in [2.05, 4.69) is 15.7 Å². The van der Waals surface area contributed by atoms with Crippen LogP contribution in [0.2, 0.25) is 0 Å². The minimum absolute atomic E-state index is 0.0642. The smallest absolute Gasteiger partial charge is 0.241 e. The maximum Gasteiger partial charge on any atom is 0.241 e. The van der Waals surface area contributed by atoms with Crippen molar-refractivity contribution in [2.24, 2.45) is 5.73 Å². The summed E-state index contributed by atoms with van der Waals surface area (Å²) in [6.45, 7) is 1.76. The third-order valence-electron chi connectivity index (χ3n) is 2.56. The Balaban J connectivity index is 1.85. The molecule has 0 aromatic carbocycles. The molecule has 1 saturated carbocycles. The second-order valence-electron chi connectivity index (χ2n) is 4.55. The molecular formula is C11H17N5O2. The molecule has 0 bridgehead atoms. The summed E-state index contributed by atoms with van der Waals surface area (Å²) in [5, 5.41) is 9.47. The van der Waals surface area contributed by atoms with Crippen molar-refractivity contribution in [1.29, 1.82) is 0 Å². The van der Waals surface area contributed by atoms with E-state index in [1.807, 2.05) is 0 Å². The highest BCUT2D eigenvalue weighted by Gasteiger charge is 2.23. The van der Waals surface area contributed by atoms with Crippen LogP contribution in [-0.4, -0.2) is 33.7 Å². The number of amides is 2. The summed E-state index contributed by atoms with van der Waals surface area (Å²) in [6.07, 6.45) is 5.21. The van der Waals surface area contributed by atoms with Crippen LogP contribution in [0.4, 0.5) is 5.69 Å². The van der Waals surface area contributed by atoms with Gasteiger partial charge in [-0.3, -0.25) is 14.3 Å². The summed E-state index contributed by atoms with van der Waals surface area (Å²) in [5.74, 6) is -0.345. The number of anilines is 1. The van der Waals surface area contributed by atoms with Gasteiger partial charge in [0.1, 0.15) is 6.54 Å². The van der Waals surface area contributed by atoms with Crippen molar-refractivity contribution in [1.82, 2.24) is 15.1 Å². The van der Waals surface area contributed by atoms with Gasteiger partial charge in [-0.15, -0.1) is 0 Å². The monoisotopic (exact) mass is 251 g/mol. The molecule has 1 aliphatic carbocycles. The Kier molecular flexibility index (Phi) is 3.61. The van der Waals surface area contributed by atoms with E-state index in [-0.39, 0.29) is 18.4 Å². The minimum atomic E-state index is -0.577. The van der Waals surface area contributed by atoms with Gasteiger partial charge in [-0.2, -0.15) is 5.10 Å². The van der Waals surface area contributed by atoms with E-state index in [0.29, 0.717) is 11.7 Å². The molecule has 1 aliphatic rings. The Morgan fingerprint density at radius 1 is 1.61 bits per heavy atom. The van der Waals surface area contributed by atoms with Crippen LogP contribution >= 0.6 is 0 Å². The Morgan fingerprint density at radius 3 is 2.94 bits per heavy atom. The van der Waals surface area contributed by atoms with Crippen molar-refractivity contribution in [2.75, 3.05) is 5.32 Å². The first-order valence-corrected chi connectivity index (χ1v) is 5.93. The molecule has 7 nitrogen and oxygen atoms in total. The third-order valence-corrected chi connectivity index (χ3v) is 2.56. The van der Waals surface area contributed by atoms with Gasteiger partial charge in [-0.25, -0.2) is 0 Å². The van der Waals surface area contributed by atoms with Crippen molar-refractivity contribution in [3.05, 3.63) is 12.4 Å². The fraction of sp³-hybridized carbons (Fsp3) is 0.545. The Bertz CT molecular complexity index is 450. The number of hydrogen-bond donors (Lipinski definition) is 3. The summed E-state index contributed by atoms with van der Waals surface area (Å²) >= 11 is 0. The van der Waals surface area contributed by atoms with Gasteiger partial charge in [0.25, 0.3) is 0 Å². The van der Waals surface area contributed by atoms with Gasteiger partial charge < -0.3 is 16.4 Å². The molecule has 1 unspecified atom stereocenters. The number of nitrogens with two attached hydrogens (primary N) is 1. The molecule has 2 rings (SSSR count). The van der Waals surface area contributed by atoms with Crippen molar-refractivity contribution in [3.63, 3.8) is 0 Å². The lowest BCUT2D eigenvalue weighted by atomic mass is 10.3. The molecule has 1 aromatic rings. The average Bonchev–Trinajstić information content (AvgIpc) is 2.99. The van der Waals surface area contributed by atoms with Gasteiger partial charge in [0.2, 0.25) is 11.8 Å². The number of carbonyl (C=O) groups excluding carboxylic acids is 2. The van der Waals surface area contributed by atoms with E-state index in [4.69, 9.17) is 5.73 Å². The fourth-order valence-electron chi connectivity index (χ4n) is 1.42. The lowest BCUT2D eigenvalue weighted by molar-refractivity contribution is -0.122. The Labute approximate surface area is 105 Å². The molecule has 4 N–H and O–H groups in total. The van der Waals surface area contributed by atoms with E-state index in [1.165, 1.54) is 10.9 Å². The van der Waals surface area contributed by atoms with Crippen molar-refractivity contribution in [3.8, 4) is 0 Å². The third kappa shape index (κ3) is 3.56. The number of aromatic nitrogens is 2. The maximum absolute atomic E-state index is 11.5. The van der Waals surface area contributed by atoms with Gasteiger partial charge >= 0.3 is 0 Å². The van der Waals surface area contributed by atoms with Crippen LogP contribution < -0.4 is 16.4 Å². The summed E-state index contributed by atoms with van der Waals surface area (Å²) in [7, 11) is 0. The van der Waals surface area contributed by atoms with Crippen LogP contribution in [0.15, 0.2) is 12.4 Å². The molecule has 0 radical (unpaired) electrons. The molecule has 98 valence electrons. The van der Waals surface area contributed by atoms with Crippen LogP contribution in [0, 0.1) is 0 Å². The van der Waals surface area contributed by atoms with E-state index in [1.54, 1.807) is 13.1 Å². The van der Waals surface area contributed by atoms with Gasteiger partial charge in [-0.1, -0.05) is 0 Å². The molecule has 1 aromatic heterocycles. The zero-order valence-corrected chi connectivity index (χ0v) is 10.2. The maximum atomic E-state index is 11.5. The van der Waals surface area contributed by atoms with Crippen molar-refractivity contribution < 1.29 is 9.59 Å².